The van der Waals surface area contributed by atoms with Crippen LogP contribution in [0, 0.1) is 18.3 Å². The summed E-state index contributed by atoms with van der Waals surface area (Å²) in [6.07, 6.45) is 0. The van der Waals surface area contributed by atoms with E-state index in [1.807, 2.05) is 6.92 Å². The maximum atomic E-state index is 8.86. The number of ether oxygens (including phenoxy) is 1. The number of aryl methyl sites for hydroxylation is 1. The lowest BCUT2D eigenvalue weighted by Gasteiger charge is -2.08. The van der Waals surface area contributed by atoms with E-state index in [1.54, 1.807) is 20.2 Å². The molecule has 4 nitrogen and oxygen atoms in total. The van der Waals surface area contributed by atoms with Gasteiger partial charge < -0.3 is 10.1 Å². The molecule has 1 aromatic rings. The second-order valence-electron chi connectivity index (χ2n) is 2.92. The number of methoxy groups -OCH3 is 1. The number of hydrogen-bond donors (Lipinski definition) is 1. The summed E-state index contributed by atoms with van der Waals surface area (Å²) in [6.45, 7) is 2.38. The smallest absolute Gasteiger partial charge is 0.143 e. The van der Waals surface area contributed by atoms with Gasteiger partial charge in [-0.2, -0.15) is 5.26 Å². The molecule has 0 aliphatic carbocycles. The summed E-state index contributed by atoms with van der Waals surface area (Å²) in [5.41, 5.74) is 2.38. The molecule has 14 heavy (non-hydrogen) atoms. The molecule has 1 aromatic heterocycles. The Balaban J connectivity index is 3.18. The molecule has 0 atom stereocenters. The third-order valence-electron chi connectivity index (χ3n) is 1.98. The van der Waals surface area contributed by atoms with Crippen molar-refractivity contribution >= 4 is 5.82 Å². The van der Waals surface area contributed by atoms with Gasteiger partial charge in [0.05, 0.1) is 12.2 Å². The third kappa shape index (κ3) is 2.01. The minimum absolute atomic E-state index is 0.484. The molecule has 0 aromatic carbocycles. The molecule has 0 spiro atoms. The average molecular weight is 191 g/mol. The predicted octanol–water partition coefficient (Wildman–Crippen LogP) is 1.45. The third-order valence-corrected chi connectivity index (χ3v) is 1.98. The van der Waals surface area contributed by atoms with Gasteiger partial charge in [0.2, 0.25) is 0 Å². The van der Waals surface area contributed by atoms with Gasteiger partial charge in [-0.05, 0) is 13.0 Å². The van der Waals surface area contributed by atoms with Crippen LogP contribution in [0.15, 0.2) is 6.07 Å². The minimum atomic E-state index is 0.484. The van der Waals surface area contributed by atoms with Gasteiger partial charge in [0, 0.05) is 25.4 Å². The summed E-state index contributed by atoms with van der Waals surface area (Å²) in [4.78, 5) is 4.27. The van der Waals surface area contributed by atoms with E-state index in [9.17, 15) is 0 Å². The lowest BCUT2D eigenvalue weighted by molar-refractivity contribution is 0.184. The normalized spacial score (nSPS) is 9.57. The van der Waals surface area contributed by atoms with Crippen LogP contribution in [0.3, 0.4) is 0 Å². The zero-order chi connectivity index (χ0) is 10.6. The van der Waals surface area contributed by atoms with E-state index < -0.39 is 0 Å². The molecule has 0 amide bonds. The molecular weight excluding hydrogens is 178 g/mol. The van der Waals surface area contributed by atoms with Crippen molar-refractivity contribution in [3.63, 3.8) is 0 Å². The summed E-state index contributed by atoms with van der Waals surface area (Å²) in [6, 6.07) is 3.90. The highest BCUT2D eigenvalue weighted by atomic mass is 16.5. The number of hydrogen-bond acceptors (Lipinski definition) is 4. The van der Waals surface area contributed by atoms with Crippen LogP contribution in [0.1, 0.15) is 16.8 Å². The number of anilines is 1. The number of pyridine rings is 1. The Labute approximate surface area is 83.5 Å². The van der Waals surface area contributed by atoms with E-state index in [0.717, 1.165) is 11.3 Å². The Hall–Kier alpha value is -1.60. The summed E-state index contributed by atoms with van der Waals surface area (Å²) >= 11 is 0. The van der Waals surface area contributed by atoms with Gasteiger partial charge in [-0.3, -0.25) is 0 Å². The number of aromatic nitrogens is 1. The minimum Gasteiger partial charge on any atom is -0.380 e. The second-order valence-corrected chi connectivity index (χ2v) is 2.92. The Bertz CT molecular complexity index is 368. The Morgan fingerprint density at radius 1 is 1.64 bits per heavy atom. The largest absolute Gasteiger partial charge is 0.380 e. The van der Waals surface area contributed by atoms with Crippen molar-refractivity contribution < 1.29 is 4.74 Å². The molecule has 1 heterocycles. The van der Waals surface area contributed by atoms with Crippen LogP contribution in [0.5, 0.6) is 0 Å². The molecular formula is C10H13N3O. The first-order valence-electron chi connectivity index (χ1n) is 4.30. The molecule has 0 aliphatic rings. The molecule has 0 aliphatic heterocycles. The molecule has 0 radical (unpaired) electrons. The second kappa shape index (κ2) is 4.58. The van der Waals surface area contributed by atoms with Gasteiger partial charge in [-0.15, -0.1) is 0 Å². The van der Waals surface area contributed by atoms with Crippen LogP contribution in [0.25, 0.3) is 0 Å². The van der Waals surface area contributed by atoms with Crippen LogP contribution < -0.4 is 5.32 Å². The highest BCUT2D eigenvalue weighted by molar-refractivity contribution is 5.53. The van der Waals surface area contributed by atoms with Crippen molar-refractivity contribution in [3.8, 4) is 6.07 Å². The first-order valence-corrected chi connectivity index (χ1v) is 4.30. The highest BCUT2D eigenvalue weighted by Gasteiger charge is 2.07. The summed E-state index contributed by atoms with van der Waals surface area (Å²) in [7, 11) is 3.37. The Morgan fingerprint density at radius 2 is 2.36 bits per heavy atom. The van der Waals surface area contributed by atoms with Crippen molar-refractivity contribution in [3.05, 3.63) is 22.9 Å². The number of nitrogens with zero attached hydrogens (tertiary/aromatic N) is 2. The fourth-order valence-electron chi connectivity index (χ4n) is 1.22. The van der Waals surface area contributed by atoms with E-state index in [4.69, 9.17) is 10.00 Å². The van der Waals surface area contributed by atoms with E-state index in [-0.39, 0.29) is 0 Å². The Morgan fingerprint density at radius 3 is 2.86 bits per heavy atom. The topological polar surface area (TPSA) is 57.9 Å². The van der Waals surface area contributed by atoms with Gasteiger partial charge in [0.25, 0.3) is 0 Å². The highest BCUT2D eigenvalue weighted by Crippen LogP contribution is 2.16. The van der Waals surface area contributed by atoms with E-state index in [0.29, 0.717) is 18.0 Å². The number of nitrogens with one attached hydrogen (secondary N) is 1. The molecule has 1 N–H and O–H groups in total. The molecule has 0 saturated heterocycles. The van der Waals surface area contributed by atoms with Crippen LogP contribution in [-0.2, 0) is 11.3 Å². The van der Waals surface area contributed by atoms with E-state index in [1.165, 1.54) is 0 Å². The standard InChI is InChI=1S/C10H13N3O/c1-7-9(6-14-3)4-8(5-11)10(12-2)13-7/h4H,6H2,1-3H3,(H,12,13). The van der Waals surface area contributed by atoms with Crippen molar-refractivity contribution in [2.45, 2.75) is 13.5 Å². The summed E-state index contributed by atoms with van der Waals surface area (Å²) in [5, 5.41) is 11.7. The predicted molar refractivity (Wildman–Crippen MR) is 53.9 cm³/mol. The van der Waals surface area contributed by atoms with Crippen LogP contribution >= 0.6 is 0 Å². The molecule has 4 heteroatoms. The fraction of sp³-hybridized carbons (Fsp3) is 0.400. The van der Waals surface area contributed by atoms with Crippen LogP contribution in [0.2, 0.25) is 0 Å². The van der Waals surface area contributed by atoms with Crippen molar-refractivity contribution in [2.24, 2.45) is 0 Å². The van der Waals surface area contributed by atoms with E-state index >= 15 is 0 Å². The van der Waals surface area contributed by atoms with Gasteiger partial charge in [-0.1, -0.05) is 0 Å². The zero-order valence-electron chi connectivity index (χ0n) is 8.59. The lowest BCUT2D eigenvalue weighted by Crippen LogP contribution is -2.02. The van der Waals surface area contributed by atoms with Gasteiger partial charge in [0.15, 0.2) is 0 Å². The molecule has 0 bridgehead atoms. The van der Waals surface area contributed by atoms with Crippen LogP contribution in [0.4, 0.5) is 5.82 Å². The van der Waals surface area contributed by atoms with Crippen LogP contribution in [-0.4, -0.2) is 19.1 Å². The molecule has 0 unspecified atom stereocenters. The molecule has 1 rings (SSSR count). The molecule has 0 saturated carbocycles. The van der Waals surface area contributed by atoms with E-state index in [2.05, 4.69) is 16.4 Å². The number of rotatable bonds is 3. The maximum Gasteiger partial charge on any atom is 0.143 e. The Kier molecular flexibility index (Phi) is 3.43. The first kappa shape index (κ1) is 10.5. The zero-order valence-corrected chi connectivity index (χ0v) is 8.59. The van der Waals surface area contributed by atoms with Gasteiger partial charge in [0.1, 0.15) is 11.9 Å². The maximum absolute atomic E-state index is 8.86. The summed E-state index contributed by atoms with van der Waals surface area (Å²) < 4.78 is 5.01. The summed E-state index contributed by atoms with van der Waals surface area (Å²) in [5.74, 6) is 0.616. The van der Waals surface area contributed by atoms with Crippen molar-refractivity contribution in [1.29, 1.82) is 5.26 Å². The van der Waals surface area contributed by atoms with Crippen molar-refractivity contribution in [2.75, 3.05) is 19.5 Å². The van der Waals surface area contributed by atoms with Gasteiger partial charge >= 0.3 is 0 Å². The lowest BCUT2D eigenvalue weighted by atomic mass is 10.1. The average Bonchev–Trinajstić information content (AvgIpc) is 2.20. The molecule has 0 fully saturated rings. The fourth-order valence-corrected chi connectivity index (χ4v) is 1.22. The van der Waals surface area contributed by atoms with Crippen molar-refractivity contribution in [1.82, 2.24) is 4.98 Å². The monoisotopic (exact) mass is 191 g/mol. The quantitative estimate of drug-likeness (QED) is 0.785. The first-order chi connectivity index (χ1) is 6.72. The van der Waals surface area contributed by atoms with Gasteiger partial charge in [-0.25, -0.2) is 4.98 Å². The molecule has 74 valence electrons. The number of nitriles is 1. The SMILES string of the molecule is CNc1nc(C)c(COC)cc1C#N.